The Morgan fingerprint density at radius 3 is 2.81 bits per heavy atom. The van der Waals surface area contributed by atoms with Crippen LogP contribution in [0.4, 0.5) is 5.13 Å². The highest BCUT2D eigenvalue weighted by Gasteiger charge is 2.26. The number of aromatic nitrogens is 1. The Hall–Kier alpha value is -1.63. The van der Waals surface area contributed by atoms with Gasteiger partial charge in [-0.3, -0.25) is 9.59 Å². The van der Waals surface area contributed by atoms with E-state index in [4.69, 9.17) is 0 Å². The highest BCUT2D eigenvalue weighted by Crippen LogP contribution is 2.19. The molecule has 2 amide bonds. The number of anilines is 1. The van der Waals surface area contributed by atoms with Gasteiger partial charge in [-0.1, -0.05) is 0 Å². The van der Waals surface area contributed by atoms with Gasteiger partial charge in [0.15, 0.2) is 5.13 Å². The van der Waals surface area contributed by atoms with E-state index in [1.165, 1.54) is 0 Å². The summed E-state index contributed by atoms with van der Waals surface area (Å²) in [6, 6.07) is 0. The van der Waals surface area contributed by atoms with Crippen molar-refractivity contribution in [1.29, 1.82) is 0 Å². The lowest BCUT2D eigenvalue weighted by atomic mass is 10.3. The average molecular weight is 308 g/mol. The number of rotatable bonds is 3. The first-order valence-electron chi connectivity index (χ1n) is 7.44. The number of hydrogen-bond acceptors (Lipinski definition) is 5. The van der Waals surface area contributed by atoms with E-state index in [2.05, 4.69) is 9.88 Å². The van der Waals surface area contributed by atoms with E-state index in [1.807, 2.05) is 16.5 Å². The van der Waals surface area contributed by atoms with Gasteiger partial charge in [0.05, 0.1) is 6.54 Å². The topological polar surface area (TPSA) is 56.8 Å². The van der Waals surface area contributed by atoms with Crippen molar-refractivity contribution in [3.05, 3.63) is 11.6 Å². The minimum absolute atomic E-state index is 0.0752. The molecule has 0 aromatic carbocycles. The lowest BCUT2D eigenvalue weighted by molar-refractivity contribution is -0.138. The summed E-state index contributed by atoms with van der Waals surface area (Å²) in [6.45, 7) is 4.19. The van der Waals surface area contributed by atoms with Crippen LogP contribution >= 0.6 is 11.3 Å². The van der Waals surface area contributed by atoms with Crippen LogP contribution in [0.1, 0.15) is 19.3 Å². The molecule has 114 valence electrons. The SMILES string of the molecule is O=C(CN1CCCC1=O)N1CCCN(c2nccs2)CC1. The summed E-state index contributed by atoms with van der Waals surface area (Å²) in [5, 5.41) is 3.00. The molecule has 0 radical (unpaired) electrons. The Morgan fingerprint density at radius 2 is 2.10 bits per heavy atom. The normalized spacial score (nSPS) is 20.0. The first-order chi connectivity index (χ1) is 10.2. The molecule has 2 fully saturated rings. The molecule has 0 atom stereocenters. The van der Waals surface area contributed by atoms with Gasteiger partial charge in [0.25, 0.3) is 0 Å². The molecule has 0 saturated carbocycles. The van der Waals surface area contributed by atoms with Crippen LogP contribution in [-0.2, 0) is 9.59 Å². The maximum Gasteiger partial charge on any atom is 0.242 e. The first kappa shape index (κ1) is 14.3. The molecular formula is C14H20N4O2S. The van der Waals surface area contributed by atoms with Crippen LogP contribution < -0.4 is 4.90 Å². The fraction of sp³-hybridized carbons (Fsp3) is 0.643. The van der Waals surface area contributed by atoms with Crippen molar-refractivity contribution in [2.45, 2.75) is 19.3 Å². The summed E-state index contributed by atoms with van der Waals surface area (Å²) >= 11 is 1.63. The van der Waals surface area contributed by atoms with Gasteiger partial charge in [0.2, 0.25) is 11.8 Å². The zero-order valence-corrected chi connectivity index (χ0v) is 12.8. The van der Waals surface area contributed by atoms with Crippen molar-refractivity contribution in [3.8, 4) is 0 Å². The van der Waals surface area contributed by atoms with E-state index in [9.17, 15) is 9.59 Å². The second-order valence-corrected chi connectivity index (χ2v) is 6.33. The molecule has 6 nitrogen and oxygen atoms in total. The van der Waals surface area contributed by atoms with Crippen molar-refractivity contribution in [2.24, 2.45) is 0 Å². The van der Waals surface area contributed by atoms with Crippen molar-refractivity contribution < 1.29 is 9.59 Å². The van der Waals surface area contributed by atoms with Gasteiger partial charge in [-0.25, -0.2) is 4.98 Å². The smallest absolute Gasteiger partial charge is 0.242 e. The molecule has 0 N–H and O–H groups in total. The van der Waals surface area contributed by atoms with Gasteiger partial charge < -0.3 is 14.7 Å². The lowest BCUT2D eigenvalue weighted by Crippen LogP contribution is -2.42. The largest absolute Gasteiger partial charge is 0.346 e. The fourth-order valence-corrected chi connectivity index (χ4v) is 3.56. The number of amides is 2. The highest BCUT2D eigenvalue weighted by molar-refractivity contribution is 7.13. The van der Waals surface area contributed by atoms with Gasteiger partial charge in [0.1, 0.15) is 0 Å². The monoisotopic (exact) mass is 308 g/mol. The predicted octanol–water partition coefficient (Wildman–Crippen LogP) is 0.804. The van der Waals surface area contributed by atoms with Crippen molar-refractivity contribution in [3.63, 3.8) is 0 Å². The number of likely N-dealkylation sites (tertiary alicyclic amines) is 1. The number of thiazole rings is 1. The molecule has 3 rings (SSSR count). The maximum atomic E-state index is 12.3. The summed E-state index contributed by atoms with van der Waals surface area (Å²) in [4.78, 5) is 34.1. The molecule has 2 aliphatic rings. The van der Waals surface area contributed by atoms with Gasteiger partial charge in [-0.15, -0.1) is 11.3 Å². The maximum absolute atomic E-state index is 12.3. The second kappa shape index (κ2) is 6.43. The van der Waals surface area contributed by atoms with Crippen molar-refractivity contribution >= 4 is 28.3 Å². The summed E-state index contributed by atoms with van der Waals surface area (Å²) in [5.41, 5.74) is 0. The molecule has 0 unspecified atom stereocenters. The van der Waals surface area contributed by atoms with Crippen molar-refractivity contribution in [2.75, 3.05) is 44.2 Å². The first-order valence-corrected chi connectivity index (χ1v) is 8.32. The molecule has 1 aromatic rings. The van der Waals surface area contributed by atoms with Gasteiger partial charge in [0, 0.05) is 50.7 Å². The zero-order valence-electron chi connectivity index (χ0n) is 12.0. The summed E-state index contributed by atoms with van der Waals surface area (Å²) in [5.74, 6) is 0.189. The fourth-order valence-electron chi connectivity index (χ4n) is 2.86. The van der Waals surface area contributed by atoms with Crippen LogP contribution in [0.25, 0.3) is 0 Å². The van der Waals surface area contributed by atoms with Crippen LogP contribution in [0.15, 0.2) is 11.6 Å². The molecule has 21 heavy (non-hydrogen) atoms. The van der Waals surface area contributed by atoms with Crippen LogP contribution in [0.3, 0.4) is 0 Å². The second-order valence-electron chi connectivity index (χ2n) is 5.45. The van der Waals surface area contributed by atoms with E-state index in [0.717, 1.165) is 44.2 Å². The van der Waals surface area contributed by atoms with Gasteiger partial charge in [-0.05, 0) is 12.8 Å². The summed E-state index contributed by atoms with van der Waals surface area (Å²) in [7, 11) is 0. The standard InChI is InChI=1S/C14H20N4O2S/c19-12-3-1-5-18(12)11-13(20)16-6-2-7-17(9-8-16)14-15-4-10-21-14/h4,10H,1-3,5-9,11H2. The predicted molar refractivity (Wildman–Crippen MR) is 81.3 cm³/mol. The number of carbonyl (C=O) groups is 2. The van der Waals surface area contributed by atoms with Crippen LogP contribution in [-0.4, -0.2) is 65.9 Å². The van der Waals surface area contributed by atoms with E-state index < -0.39 is 0 Å². The van der Waals surface area contributed by atoms with E-state index >= 15 is 0 Å². The van der Waals surface area contributed by atoms with E-state index in [0.29, 0.717) is 13.0 Å². The summed E-state index contributed by atoms with van der Waals surface area (Å²) < 4.78 is 0. The van der Waals surface area contributed by atoms with Crippen molar-refractivity contribution in [1.82, 2.24) is 14.8 Å². The number of hydrogen-bond donors (Lipinski definition) is 0. The zero-order chi connectivity index (χ0) is 14.7. The minimum Gasteiger partial charge on any atom is -0.346 e. The third kappa shape index (κ3) is 3.34. The van der Waals surface area contributed by atoms with E-state index in [-0.39, 0.29) is 18.4 Å². The Morgan fingerprint density at radius 1 is 1.19 bits per heavy atom. The Balaban J connectivity index is 1.54. The average Bonchev–Trinajstić information content (AvgIpc) is 3.07. The molecule has 3 heterocycles. The molecule has 0 bridgehead atoms. The molecule has 2 saturated heterocycles. The number of nitrogens with zero attached hydrogens (tertiary/aromatic N) is 4. The molecule has 7 heteroatoms. The van der Waals surface area contributed by atoms with Crippen LogP contribution in [0.2, 0.25) is 0 Å². The molecule has 1 aromatic heterocycles. The van der Waals surface area contributed by atoms with Gasteiger partial charge in [-0.2, -0.15) is 0 Å². The third-order valence-electron chi connectivity index (χ3n) is 4.04. The van der Waals surface area contributed by atoms with Crippen LogP contribution in [0.5, 0.6) is 0 Å². The molecule has 0 aliphatic carbocycles. The highest BCUT2D eigenvalue weighted by atomic mass is 32.1. The molecule has 0 spiro atoms. The third-order valence-corrected chi connectivity index (χ3v) is 4.87. The Bertz CT molecular complexity index is 505. The molecular weight excluding hydrogens is 288 g/mol. The van der Waals surface area contributed by atoms with Crippen LogP contribution in [0, 0.1) is 0 Å². The van der Waals surface area contributed by atoms with Gasteiger partial charge >= 0.3 is 0 Å². The lowest BCUT2D eigenvalue weighted by Gasteiger charge is -2.24. The Labute approximate surface area is 128 Å². The quantitative estimate of drug-likeness (QED) is 0.829. The minimum atomic E-state index is 0.0752. The summed E-state index contributed by atoms with van der Waals surface area (Å²) in [6.07, 6.45) is 4.22. The Kier molecular flexibility index (Phi) is 4.38. The van der Waals surface area contributed by atoms with E-state index in [1.54, 1.807) is 16.2 Å². The molecule has 2 aliphatic heterocycles. The number of carbonyl (C=O) groups excluding carboxylic acids is 2.